The number of rotatable bonds is 9. The van der Waals surface area contributed by atoms with Gasteiger partial charge in [0.1, 0.15) is 0 Å². The molecule has 0 amide bonds. The van der Waals surface area contributed by atoms with E-state index in [2.05, 4.69) is 24.4 Å². The molecule has 0 radical (unpaired) electrons. The zero-order valence-corrected chi connectivity index (χ0v) is 15.1. The molecule has 2 rings (SSSR count). The van der Waals surface area contributed by atoms with Crippen molar-refractivity contribution in [3.8, 4) is 0 Å². The van der Waals surface area contributed by atoms with Crippen LogP contribution in [0.5, 0.6) is 0 Å². The molecule has 1 aliphatic carbocycles. The molecule has 22 heavy (non-hydrogen) atoms. The first-order chi connectivity index (χ1) is 10.6. The van der Waals surface area contributed by atoms with Gasteiger partial charge in [0, 0.05) is 25.2 Å². The SMILES string of the molecule is CCCNC(CCCOC)C1(c2ccc(Cl)c(Cl)c2)CCC1. The highest BCUT2D eigenvalue weighted by atomic mass is 35.5. The maximum atomic E-state index is 6.26. The molecular formula is C18H27Cl2NO. The van der Waals surface area contributed by atoms with Crippen LogP contribution in [0.15, 0.2) is 18.2 Å². The summed E-state index contributed by atoms with van der Waals surface area (Å²) in [7, 11) is 1.77. The van der Waals surface area contributed by atoms with E-state index in [0.29, 0.717) is 16.1 Å². The highest BCUT2D eigenvalue weighted by molar-refractivity contribution is 6.42. The molecule has 1 aliphatic rings. The minimum absolute atomic E-state index is 0.205. The predicted octanol–water partition coefficient (Wildman–Crippen LogP) is 5.21. The Labute approximate surface area is 144 Å². The summed E-state index contributed by atoms with van der Waals surface area (Å²) in [6.45, 7) is 4.09. The lowest BCUT2D eigenvalue weighted by molar-refractivity contribution is 0.140. The Balaban J connectivity index is 2.20. The number of hydrogen-bond donors (Lipinski definition) is 1. The number of halogens is 2. The van der Waals surface area contributed by atoms with Crippen LogP contribution in [0.3, 0.4) is 0 Å². The van der Waals surface area contributed by atoms with Gasteiger partial charge in [0.25, 0.3) is 0 Å². The number of ether oxygens (including phenoxy) is 1. The van der Waals surface area contributed by atoms with E-state index in [4.69, 9.17) is 27.9 Å². The predicted molar refractivity (Wildman–Crippen MR) is 95.2 cm³/mol. The molecule has 1 aromatic carbocycles. The lowest BCUT2D eigenvalue weighted by Crippen LogP contribution is -2.53. The summed E-state index contributed by atoms with van der Waals surface area (Å²) in [6.07, 6.45) is 7.10. The second kappa shape index (κ2) is 8.54. The van der Waals surface area contributed by atoms with Crippen LogP contribution in [0.2, 0.25) is 10.0 Å². The summed E-state index contributed by atoms with van der Waals surface area (Å²) in [5.41, 5.74) is 1.54. The van der Waals surface area contributed by atoms with Crippen molar-refractivity contribution >= 4 is 23.2 Å². The Morgan fingerprint density at radius 1 is 1.27 bits per heavy atom. The lowest BCUT2D eigenvalue weighted by Gasteiger charge is -2.49. The van der Waals surface area contributed by atoms with Crippen molar-refractivity contribution in [1.82, 2.24) is 5.32 Å². The zero-order chi connectivity index (χ0) is 16.0. The number of nitrogens with one attached hydrogen (secondary N) is 1. The average Bonchev–Trinajstić information content (AvgIpc) is 2.46. The van der Waals surface area contributed by atoms with Gasteiger partial charge in [-0.25, -0.2) is 0 Å². The van der Waals surface area contributed by atoms with Crippen LogP contribution < -0.4 is 5.32 Å². The molecule has 4 heteroatoms. The topological polar surface area (TPSA) is 21.3 Å². The van der Waals surface area contributed by atoms with Crippen molar-refractivity contribution in [2.45, 2.75) is 56.9 Å². The average molecular weight is 344 g/mol. The molecule has 1 aromatic rings. The fourth-order valence-electron chi connectivity index (χ4n) is 3.53. The Morgan fingerprint density at radius 3 is 2.59 bits per heavy atom. The first kappa shape index (κ1) is 18.1. The summed E-state index contributed by atoms with van der Waals surface area (Å²) in [5.74, 6) is 0. The molecule has 1 atom stereocenters. The van der Waals surface area contributed by atoms with E-state index in [1.54, 1.807) is 7.11 Å². The van der Waals surface area contributed by atoms with Crippen molar-refractivity contribution in [2.75, 3.05) is 20.3 Å². The minimum atomic E-state index is 0.205. The molecule has 2 nitrogen and oxygen atoms in total. The molecule has 1 N–H and O–H groups in total. The Bertz CT molecular complexity index is 474. The number of hydrogen-bond acceptors (Lipinski definition) is 2. The third-order valence-electron chi connectivity index (χ3n) is 4.89. The molecule has 0 bridgehead atoms. The Morgan fingerprint density at radius 2 is 2.05 bits per heavy atom. The summed E-state index contributed by atoms with van der Waals surface area (Å²) >= 11 is 12.4. The van der Waals surface area contributed by atoms with Crippen molar-refractivity contribution < 1.29 is 4.74 Å². The first-order valence-corrected chi connectivity index (χ1v) is 9.07. The first-order valence-electron chi connectivity index (χ1n) is 8.32. The van der Waals surface area contributed by atoms with Gasteiger partial charge in [-0.1, -0.05) is 42.6 Å². The smallest absolute Gasteiger partial charge is 0.0595 e. The van der Waals surface area contributed by atoms with Crippen molar-refractivity contribution in [2.24, 2.45) is 0 Å². The third kappa shape index (κ3) is 3.97. The van der Waals surface area contributed by atoms with Gasteiger partial charge in [-0.2, -0.15) is 0 Å². The van der Waals surface area contributed by atoms with E-state index < -0.39 is 0 Å². The van der Waals surface area contributed by atoms with Crippen LogP contribution in [0, 0.1) is 0 Å². The van der Waals surface area contributed by atoms with Crippen LogP contribution >= 0.6 is 23.2 Å². The van der Waals surface area contributed by atoms with Gasteiger partial charge in [-0.05, 0) is 56.3 Å². The second-order valence-corrected chi connectivity index (χ2v) is 7.09. The van der Waals surface area contributed by atoms with Gasteiger partial charge in [0.15, 0.2) is 0 Å². The Hall–Kier alpha value is -0.280. The van der Waals surface area contributed by atoms with Gasteiger partial charge >= 0.3 is 0 Å². The summed E-state index contributed by atoms with van der Waals surface area (Å²) in [5, 5.41) is 5.07. The number of benzene rings is 1. The molecule has 1 fully saturated rings. The molecule has 0 saturated heterocycles. The minimum Gasteiger partial charge on any atom is -0.385 e. The van der Waals surface area contributed by atoms with Gasteiger partial charge in [-0.3, -0.25) is 0 Å². The largest absolute Gasteiger partial charge is 0.385 e. The highest BCUT2D eigenvalue weighted by Crippen LogP contribution is 2.48. The van der Waals surface area contributed by atoms with Crippen LogP contribution in [0.25, 0.3) is 0 Å². The molecule has 124 valence electrons. The molecule has 1 unspecified atom stereocenters. The van der Waals surface area contributed by atoms with Crippen molar-refractivity contribution in [1.29, 1.82) is 0 Å². The van der Waals surface area contributed by atoms with Gasteiger partial charge in [0.2, 0.25) is 0 Å². The quantitative estimate of drug-likeness (QED) is 0.621. The molecule has 0 aliphatic heterocycles. The standard InChI is InChI=1S/C18H27Cl2NO/c1-3-11-21-17(6-4-12-22-2)18(9-5-10-18)14-7-8-15(19)16(20)13-14/h7-8,13,17,21H,3-6,9-12H2,1-2H3. The molecule has 0 heterocycles. The van der Waals surface area contributed by atoms with Gasteiger partial charge in [0.05, 0.1) is 10.0 Å². The fourth-order valence-corrected chi connectivity index (χ4v) is 3.82. The summed E-state index contributed by atoms with van der Waals surface area (Å²) < 4.78 is 5.24. The third-order valence-corrected chi connectivity index (χ3v) is 5.63. The normalized spacial score (nSPS) is 18.0. The molecule has 0 spiro atoms. The second-order valence-electron chi connectivity index (χ2n) is 6.28. The monoisotopic (exact) mass is 343 g/mol. The Kier molecular flexibility index (Phi) is 7.01. The highest BCUT2D eigenvalue weighted by Gasteiger charge is 2.44. The molecular weight excluding hydrogens is 317 g/mol. The van der Waals surface area contributed by atoms with Gasteiger partial charge in [-0.15, -0.1) is 0 Å². The van der Waals surface area contributed by atoms with E-state index >= 15 is 0 Å². The fraction of sp³-hybridized carbons (Fsp3) is 0.667. The van der Waals surface area contributed by atoms with E-state index in [1.165, 1.54) is 24.8 Å². The van der Waals surface area contributed by atoms with Gasteiger partial charge < -0.3 is 10.1 Å². The summed E-state index contributed by atoms with van der Waals surface area (Å²) in [4.78, 5) is 0. The van der Waals surface area contributed by atoms with Crippen LogP contribution in [-0.2, 0) is 10.2 Å². The zero-order valence-electron chi connectivity index (χ0n) is 13.6. The van der Waals surface area contributed by atoms with E-state index in [1.807, 2.05) is 6.07 Å². The van der Waals surface area contributed by atoms with E-state index in [0.717, 1.165) is 32.4 Å². The van der Waals surface area contributed by atoms with E-state index in [-0.39, 0.29) is 5.41 Å². The van der Waals surface area contributed by atoms with Crippen LogP contribution in [0.1, 0.15) is 51.0 Å². The number of methoxy groups -OCH3 is 1. The summed E-state index contributed by atoms with van der Waals surface area (Å²) in [6, 6.07) is 6.64. The van der Waals surface area contributed by atoms with Crippen LogP contribution in [0.4, 0.5) is 0 Å². The van der Waals surface area contributed by atoms with Crippen molar-refractivity contribution in [3.05, 3.63) is 33.8 Å². The maximum absolute atomic E-state index is 6.26. The van der Waals surface area contributed by atoms with E-state index in [9.17, 15) is 0 Å². The molecule has 0 aromatic heterocycles. The molecule has 1 saturated carbocycles. The van der Waals surface area contributed by atoms with Crippen LogP contribution in [-0.4, -0.2) is 26.3 Å². The maximum Gasteiger partial charge on any atom is 0.0595 e. The van der Waals surface area contributed by atoms with Crippen molar-refractivity contribution in [3.63, 3.8) is 0 Å². The lowest BCUT2D eigenvalue weighted by atomic mass is 9.59.